The van der Waals surface area contributed by atoms with Crippen LogP contribution in [0.3, 0.4) is 0 Å². The molecule has 0 unspecified atom stereocenters. The van der Waals surface area contributed by atoms with Crippen molar-refractivity contribution in [1.82, 2.24) is 35.7 Å². The van der Waals surface area contributed by atoms with Crippen LogP contribution in [0.4, 0.5) is 0 Å². The minimum absolute atomic E-state index is 0.0708. The van der Waals surface area contributed by atoms with Crippen LogP contribution in [-0.2, 0) is 23.3 Å². The summed E-state index contributed by atoms with van der Waals surface area (Å²) in [4.78, 5) is 15.9. The van der Waals surface area contributed by atoms with E-state index in [1.165, 1.54) is 6.33 Å². The van der Waals surface area contributed by atoms with E-state index < -0.39 is 0 Å². The van der Waals surface area contributed by atoms with Crippen LogP contribution < -0.4 is 5.32 Å². The molecule has 2 rings (SSSR count). The van der Waals surface area contributed by atoms with E-state index in [1.807, 2.05) is 20.8 Å². The fraction of sp³-hybridized carbons (Fsp3) is 0.667. The normalized spacial score (nSPS) is 11.6. The first-order valence-corrected chi connectivity index (χ1v) is 6.75. The summed E-state index contributed by atoms with van der Waals surface area (Å²) in [6.07, 6.45) is 2.57. The summed E-state index contributed by atoms with van der Waals surface area (Å²) in [6, 6.07) is 0. The van der Waals surface area contributed by atoms with Crippen molar-refractivity contribution in [2.75, 3.05) is 0 Å². The third-order valence-electron chi connectivity index (χ3n) is 2.76. The standard InChI is InChI=1S/C12H19N7O2/c1-12(2,3)11-15-10(21-16-11)7-13-9(20)5-4-6-19-8-14-17-18-19/h8H,4-7H2,1-3H3,(H,13,20). The number of nitrogens with one attached hydrogen (secondary N) is 1. The lowest BCUT2D eigenvalue weighted by molar-refractivity contribution is -0.121. The highest BCUT2D eigenvalue weighted by molar-refractivity contribution is 5.75. The maximum absolute atomic E-state index is 11.7. The van der Waals surface area contributed by atoms with Crippen LogP contribution in [0, 0.1) is 0 Å². The van der Waals surface area contributed by atoms with E-state index in [4.69, 9.17) is 4.52 Å². The number of aromatic nitrogens is 6. The average Bonchev–Trinajstić information content (AvgIpc) is 3.06. The van der Waals surface area contributed by atoms with E-state index in [0.29, 0.717) is 31.1 Å². The van der Waals surface area contributed by atoms with Gasteiger partial charge in [0, 0.05) is 18.4 Å². The van der Waals surface area contributed by atoms with Gasteiger partial charge in [0.2, 0.25) is 11.8 Å². The van der Waals surface area contributed by atoms with Crippen molar-refractivity contribution in [3.63, 3.8) is 0 Å². The van der Waals surface area contributed by atoms with Crippen molar-refractivity contribution in [2.45, 2.75) is 52.1 Å². The summed E-state index contributed by atoms with van der Waals surface area (Å²) in [7, 11) is 0. The van der Waals surface area contributed by atoms with Crippen LogP contribution in [0.25, 0.3) is 0 Å². The monoisotopic (exact) mass is 293 g/mol. The third-order valence-corrected chi connectivity index (χ3v) is 2.76. The van der Waals surface area contributed by atoms with Gasteiger partial charge in [-0.05, 0) is 16.8 Å². The predicted molar refractivity (Wildman–Crippen MR) is 71.9 cm³/mol. The van der Waals surface area contributed by atoms with Gasteiger partial charge in [0.1, 0.15) is 6.33 Å². The fourth-order valence-corrected chi connectivity index (χ4v) is 1.58. The maximum atomic E-state index is 11.7. The van der Waals surface area contributed by atoms with E-state index in [-0.39, 0.29) is 17.9 Å². The van der Waals surface area contributed by atoms with E-state index in [0.717, 1.165) is 0 Å². The summed E-state index contributed by atoms with van der Waals surface area (Å²) in [6.45, 7) is 6.85. The molecular formula is C12H19N7O2. The molecule has 0 spiro atoms. The Kier molecular flexibility index (Phi) is 4.61. The molecule has 0 aliphatic carbocycles. The largest absolute Gasteiger partial charge is 0.347 e. The number of tetrazole rings is 1. The number of amides is 1. The van der Waals surface area contributed by atoms with Gasteiger partial charge in [-0.3, -0.25) is 4.79 Å². The van der Waals surface area contributed by atoms with Gasteiger partial charge in [0.15, 0.2) is 5.82 Å². The van der Waals surface area contributed by atoms with Gasteiger partial charge in [0.05, 0.1) is 6.54 Å². The van der Waals surface area contributed by atoms with Crippen molar-refractivity contribution in [3.8, 4) is 0 Å². The summed E-state index contributed by atoms with van der Waals surface area (Å²) in [5.41, 5.74) is -0.169. The quantitative estimate of drug-likeness (QED) is 0.822. The molecule has 21 heavy (non-hydrogen) atoms. The van der Waals surface area contributed by atoms with Gasteiger partial charge < -0.3 is 9.84 Å². The molecule has 0 fully saturated rings. The number of rotatable bonds is 6. The molecule has 2 heterocycles. The second-order valence-electron chi connectivity index (χ2n) is 5.71. The number of carbonyl (C=O) groups is 1. The van der Waals surface area contributed by atoms with Crippen LogP contribution in [0.2, 0.25) is 0 Å². The molecule has 9 nitrogen and oxygen atoms in total. The molecule has 0 radical (unpaired) electrons. The molecule has 2 aromatic rings. The van der Waals surface area contributed by atoms with Crippen LogP contribution in [0.15, 0.2) is 10.9 Å². The van der Waals surface area contributed by atoms with Crippen LogP contribution in [-0.4, -0.2) is 36.3 Å². The van der Waals surface area contributed by atoms with E-state index in [9.17, 15) is 4.79 Å². The molecule has 1 N–H and O–H groups in total. The summed E-state index contributed by atoms with van der Waals surface area (Å²) in [5.74, 6) is 0.970. The van der Waals surface area contributed by atoms with Gasteiger partial charge in [-0.2, -0.15) is 4.98 Å². The first kappa shape index (κ1) is 15.1. The van der Waals surface area contributed by atoms with Gasteiger partial charge in [-0.15, -0.1) is 5.10 Å². The van der Waals surface area contributed by atoms with Crippen molar-refractivity contribution in [2.24, 2.45) is 0 Å². The van der Waals surface area contributed by atoms with E-state index in [1.54, 1.807) is 4.68 Å². The van der Waals surface area contributed by atoms with E-state index in [2.05, 4.69) is 31.0 Å². The topological polar surface area (TPSA) is 112 Å². The minimum Gasteiger partial charge on any atom is -0.347 e. The average molecular weight is 293 g/mol. The number of nitrogens with zero attached hydrogens (tertiary/aromatic N) is 6. The molecule has 0 bridgehead atoms. The van der Waals surface area contributed by atoms with Gasteiger partial charge >= 0.3 is 0 Å². The highest BCUT2D eigenvalue weighted by atomic mass is 16.5. The predicted octanol–water partition coefficient (Wildman–Crippen LogP) is 0.450. The molecule has 0 saturated heterocycles. The number of carbonyl (C=O) groups excluding carboxylic acids is 1. The van der Waals surface area contributed by atoms with Gasteiger partial charge in [-0.25, -0.2) is 4.68 Å². The smallest absolute Gasteiger partial charge is 0.246 e. The summed E-state index contributed by atoms with van der Waals surface area (Å²) < 4.78 is 6.68. The summed E-state index contributed by atoms with van der Waals surface area (Å²) in [5, 5.41) is 17.4. The SMILES string of the molecule is CC(C)(C)c1noc(CNC(=O)CCCn2cnnn2)n1. The Bertz CT molecular complexity index is 571. The molecule has 114 valence electrons. The lowest BCUT2D eigenvalue weighted by Crippen LogP contribution is -2.23. The fourth-order valence-electron chi connectivity index (χ4n) is 1.58. The second-order valence-corrected chi connectivity index (χ2v) is 5.71. The second kappa shape index (κ2) is 6.42. The molecule has 1 amide bonds. The number of hydrogen-bond donors (Lipinski definition) is 1. The number of aryl methyl sites for hydroxylation is 1. The minimum atomic E-state index is -0.169. The van der Waals surface area contributed by atoms with Crippen LogP contribution in [0.1, 0.15) is 45.3 Å². The third kappa shape index (κ3) is 4.62. The van der Waals surface area contributed by atoms with Crippen LogP contribution in [0.5, 0.6) is 0 Å². The Morgan fingerprint density at radius 3 is 2.86 bits per heavy atom. The highest BCUT2D eigenvalue weighted by Crippen LogP contribution is 2.18. The Morgan fingerprint density at radius 2 is 2.24 bits per heavy atom. The lowest BCUT2D eigenvalue weighted by atomic mass is 9.96. The van der Waals surface area contributed by atoms with Crippen LogP contribution >= 0.6 is 0 Å². The zero-order valence-corrected chi connectivity index (χ0v) is 12.4. The Balaban J connectivity index is 1.70. The number of hydrogen-bond acceptors (Lipinski definition) is 7. The zero-order chi connectivity index (χ0) is 15.3. The Labute approximate surface area is 122 Å². The van der Waals surface area contributed by atoms with Gasteiger partial charge in [-0.1, -0.05) is 25.9 Å². The molecule has 9 heteroatoms. The molecule has 2 aromatic heterocycles. The molecule has 0 aliphatic heterocycles. The molecule has 0 atom stereocenters. The lowest BCUT2D eigenvalue weighted by Gasteiger charge is -2.10. The molecule has 0 aliphatic rings. The molecule has 0 aromatic carbocycles. The summed E-state index contributed by atoms with van der Waals surface area (Å²) >= 11 is 0. The maximum Gasteiger partial charge on any atom is 0.246 e. The van der Waals surface area contributed by atoms with Gasteiger partial charge in [0.25, 0.3) is 0 Å². The molecule has 0 saturated carbocycles. The highest BCUT2D eigenvalue weighted by Gasteiger charge is 2.20. The molecular weight excluding hydrogens is 274 g/mol. The van der Waals surface area contributed by atoms with Crippen molar-refractivity contribution >= 4 is 5.91 Å². The first-order valence-electron chi connectivity index (χ1n) is 6.75. The first-order chi connectivity index (χ1) is 9.95. The van der Waals surface area contributed by atoms with Crippen molar-refractivity contribution in [3.05, 3.63) is 18.0 Å². The Hall–Kier alpha value is -2.32. The van der Waals surface area contributed by atoms with Crippen molar-refractivity contribution in [1.29, 1.82) is 0 Å². The zero-order valence-electron chi connectivity index (χ0n) is 12.4. The van der Waals surface area contributed by atoms with Crippen molar-refractivity contribution < 1.29 is 9.32 Å². The van der Waals surface area contributed by atoms with E-state index >= 15 is 0 Å². The Morgan fingerprint density at radius 1 is 1.43 bits per heavy atom.